The molecule has 6 heteroatoms. The molecule has 4 nitrogen and oxygen atoms in total. The first-order valence-corrected chi connectivity index (χ1v) is 17.1. The Kier molecular flexibility index (Phi) is 17.4. The van der Waals surface area contributed by atoms with Gasteiger partial charge in [0, 0.05) is 24.0 Å². The molecule has 234 valence electrons. The second-order valence-electron chi connectivity index (χ2n) is 12.6. The Balaban J connectivity index is 0.00000616. The number of amides is 1. The van der Waals surface area contributed by atoms with Crippen molar-refractivity contribution >= 4 is 40.3 Å². The second-order valence-corrected chi connectivity index (χ2v) is 13.4. The SMILES string of the molecule is Br.CCCCCCCCCCCCCCOc1cc(C(C)(C)C)ccc1CC(=O)Nc1cccc(CN2C=CSC2)c1. The smallest absolute Gasteiger partial charge is 0.228 e. The lowest BCUT2D eigenvalue weighted by atomic mass is 9.86. The summed E-state index contributed by atoms with van der Waals surface area (Å²) in [5, 5.41) is 5.23. The average molecular weight is 660 g/mol. The molecule has 0 fully saturated rings. The molecule has 1 heterocycles. The van der Waals surface area contributed by atoms with Crippen molar-refractivity contribution in [3.63, 3.8) is 0 Å². The lowest BCUT2D eigenvalue weighted by Crippen LogP contribution is -2.17. The van der Waals surface area contributed by atoms with Crippen LogP contribution in [0.15, 0.2) is 54.1 Å². The maximum atomic E-state index is 13.1. The molecular formula is C36H55BrN2O2S. The fourth-order valence-corrected chi connectivity index (χ4v) is 5.91. The number of halogens is 1. The van der Waals surface area contributed by atoms with Gasteiger partial charge >= 0.3 is 0 Å². The predicted octanol–water partition coefficient (Wildman–Crippen LogP) is 10.8. The fraction of sp³-hybridized carbons (Fsp3) is 0.583. The van der Waals surface area contributed by atoms with Crippen molar-refractivity contribution in [2.75, 3.05) is 17.8 Å². The van der Waals surface area contributed by atoms with Gasteiger partial charge in [-0.1, -0.05) is 123 Å². The van der Waals surface area contributed by atoms with Crippen molar-refractivity contribution in [2.24, 2.45) is 0 Å². The molecule has 42 heavy (non-hydrogen) atoms. The largest absolute Gasteiger partial charge is 0.493 e. The summed E-state index contributed by atoms with van der Waals surface area (Å²) in [7, 11) is 0. The van der Waals surface area contributed by atoms with Crippen LogP contribution in [0.5, 0.6) is 5.75 Å². The highest BCUT2D eigenvalue weighted by molar-refractivity contribution is 8.93. The number of anilines is 1. The van der Waals surface area contributed by atoms with Crippen LogP contribution in [0.3, 0.4) is 0 Å². The summed E-state index contributed by atoms with van der Waals surface area (Å²) in [5.41, 5.74) is 4.24. The monoisotopic (exact) mass is 658 g/mol. The summed E-state index contributed by atoms with van der Waals surface area (Å²) < 4.78 is 6.32. The van der Waals surface area contributed by atoms with Crippen molar-refractivity contribution < 1.29 is 9.53 Å². The molecule has 0 atom stereocenters. The minimum absolute atomic E-state index is 0. The number of unbranched alkanes of at least 4 members (excludes halogenated alkanes) is 11. The molecule has 1 amide bonds. The minimum Gasteiger partial charge on any atom is -0.493 e. The van der Waals surface area contributed by atoms with Crippen LogP contribution in [-0.2, 0) is 23.2 Å². The van der Waals surface area contributed by atoms with Crippen LogP contribution in [0.2, 0.25) is 0 Å². The Morgan fingerprint density at radius 3 is 2.19 bits per heavy atom. The summed E-state index contributed by atoms with van der Waals surface area (Å²) in [5.74, 6) is 1.81. The number of nitrogens with one attached hydrogen (secondary N) is 1. The van der Waals surface area contributed by atoms with Gasteiger partial charge < -0.3 is 15.0 Å². The van der Waals surface area contributed by atoms with E-state index in [0.717, 1.165) is 35.8 Å². The summed E-state index contributed by atoms with van der Waals surface area (Å²) in [6, 6.07) is 14.5. The van der Waals surface area contributed by atoms with Gasteiger partial charge in [0.15, 0.2) is 0 Å². The number of benzene rings is 2. The van der Waals surface area contributed by atoms with E-state index in [2.05, 4.69) is 79.9 Å². The summed E-state index contributed by atoms with van der Waals surface area (Å²) in [6.07, 6.45) is 18.4. The van der Waals surface area contributed by atoms with Gasteiger partial charge in [-0.3, -0.25) is 4.79 Å². The van der Waals surface area contributed by atoms with Crippen LogP contribution in [-0.4, -0.2) is 23.3 Å². The Morgan fingerprint density at radius 2 is 1.57 bits per heavy atom. The Hall–Kier alpha value is -1.92. The van der Waals surface area contributed by atoms with Crippen LogP contribution in [0.4, 0.5) is 5.69 Å². The van der Waals surface area contributed by atoms with Gasteiger partial charge in [0.25, 0.3) is 0 Å². The van der Waals surface area contributed by atoms with Crippen LogP contribution >= 0.6 is 28.7 Å². The number of rotatable bonds is 19. The maximum Gasteiger partial charge on any atom is 0.228 e. The summed E-state index contributed by atoms with van der Waals surface area (Å²) >= 11 is 1.80. The normalized spacial score (nSPS) is 12.8. The quantitative estimate of drug-likeness (QED) is 0.152. The molecule has 1 aliphatic heterocycles. The van der Waals surface area contributed by atoms with Gasteiger partial charge in [-0.25, -0.2) is 0 Å². The third kappa shape index (κ3) is 14.0. The highest BCUT2D eigenvalue weighted by Gasteiger charge is 2.18. The highest BCUT2D eigenvalue weighted by Crippen LogP contribution is 2.30. The molecule has 1 aliphatic rings. The zero-order valence-electron chi connectivity index (χ0n) is 26.6. The van der Waals surface area contributed by atoms with Crippen molar-refractivity contribution in [3.8, 4) is 5.75 Å². The van der Waals surface area contributed by atoms with E-state index in [1.54, 1.807) is 11.8 Å². The Bertz CT molecular complexity index is 1080. The van der Waals surface area contributed by atoms with Gasteiger partial charge in [0.2, 0.25) is 5.91 Å². The number of carbonyl (C=O) groups excluding carboxylic acids is 1. The number of hydrogen-bond acceptors (Lipinski definition) is 4. The maximum absolute atomic E-state index is 13.1. The van der Waals surface area contributed by atoms with Gasteiger partial charge in [0.05, 0.1) is 18.9 Å². The van der Waals surface area contributed by atoms with Gasteiger partial charge in [-0.2, -0.15) is 0 Å². The Labute approximate surface area is 271 Å². The van der Waals surface area contributed by atoms with E-state index in [1.807, 2.05) is 12.1 Å². The lowest BCUT2D eigenvalue weighted by molar-refractivity contribution is -0.115. The van der Waals surface area contributed by atoms with E-state index in [4.69, 9.17) is 4.74 Å². The van der Waals surface area contributed by atoms with Crippen LogP contribution in [0, 0.1) is 0 Å². The van der Waals surface area contributed by atoms with Crippen molar-refractivity contribution in [1.82, 2.24) is 4.90 Å². The molecule has 0 spiro atoms. The van der Waals surface area contributed by atoms with E-state index in [1.165, 1.54) is 81.8 Å². The van der Waals surface area contributed by atoms with E-state index < -0.39 is 0 Å². The highest BCUT2D eigenvalue weighted by atomic mass is 79.9. The number of carbonyl (C=O) groups is 1. The first kappa shape index (κ1) is 36.3. The molecule has 0 saturated heterocycles. The molecule has 0 radical (unpaired) electrons. The molecule has 3 rings (SSSR count). The zero-order chi connectivity index (χ0) is 29.3. The van der Waals surface area contributed by atoms with Gasteiger partial charge in [-0.05, 0) is 46.6 Å². The standard InChI is InChI=1S/C36H54N2O2S.BrH/c1-5-6-7-8-9-10-11-12-13-14-15-16-23-40-34-27-32(36(2,3)4)21-20-31(34)26-35(39)37-33-19-17-18-30(25-33)28-38-22-24-41-29-38;/h17-22,24-25,27H,5-16,23,26,28-29H2,1-4H3,(H,37,39);1H. The number of nitrogens with zero attached hydrogens (tertiary/aromatic N) is 1. The first-order chi connectivity index (χ1) is 19.8. The predicted molar refractivity (Wildman–Crippen MR) is 188 cm³/mol. The van der Waals surface area contributed by atoms with Crippen LogP contribution in [0.25, 0.3) is 0 Å². The number of ether oxygens (including phenoxy) is 1. The molecule has 0 aliphatic carbocycles. The minimum atomic E-state index is -0.0162. The molecule has 0 saturated carbocycles. The number of thioether (sulfide) groups is 1. The van der Waals surface area contributed by atoms with Crippen LogP contribution < -0.4 is 10.1 Å². The topological polar surface area (TPSA) is 41.6 Å². The zero-order valence-corrected chi connectivity index (χ0v) is 29.1. The number of hydrogen-bond donors (Lipinski definition) is 1. The van der Waals surface area contributed by atoms with Crippen molar-refractivity contribution in [1.29, 1.82) is 0 Å². The molecular weight excluding hydrogens is 604 g/mol. The molecule has 2 aromatic carbocycles. The van der Waals surface area contributed by atoms with E-state index in [-0.39, 0.29) is 28.3 Å². The van der Waals surface area contributed by atoms with E-state index in [0.29, 0.717) is 13.0 Å². The van der Waals surface area contributed by atoms with Gasteiger partial charge in [-0.15, -0.1) is 28.7 Å². The van der Waals surface area contributed by atoms with Crippen LogP contribution in [0.1, 0.15) is 121 Å². The first-order valence-electron chi connectivity index (χ1n) is 16.0. The molecule has 0 aromatic heterocycles. The molecule has 0 unspecified atom stereocenters. The Morgan fingerprint density at radius 1 is 0.905 bits per heavy atom. The van der Waals surface area contributed by atoms with E-state index in [9.17, 15) is 4.79 Å². The third-order valence-electron chi connectivity index (χ3n) is 7.74. The summed E-state index contributed by atoms with van der Waals surface area (Å²) in [6.45, 7) is 10.5. The molecule has 2 aromatic rings. The van der Waals surface area contributed by atoms with Gasteiger partial charge in [0.1, 0.15) is 5.75 Å². The third-order valence-corrected chi connectivity index (χ3v) is 8.54. The lowest BCUT2D eigenvalue weighted by Gasteiger charge is -2.21. The fourth-order valence-electron chi connectivity index (χ4n) is 5.20. The average Bonchev–Trinajstić information content (AvgIpc) is 3.44. The van der Waals surface area contributed by atoms with Crippen molar-refractivity contribution in [2.45, 2.75) is 123 Å². The molecule has 1 N–H and O–H groups in total. The second kappa shape index (κ2) is 20.1. The molecule has 0 bridgehead atoms. The van der Waals surface area contributed by atoms with Crippen molar-refractivity contribution in [3.05, 3.63) is 70.8 Å². The van der Waals surface area contributed by atoms with E-state index >= 15 is 0 Å². The summed E-state index contributed by atoms with van der Waals surface area (Å²) in [4.78, 5) is 15.3.